The fraction of sp³-hybridized carbons (Fsp3) is 0.800. The third-order valence-corrected chi connectivity index (χ3v) is 7.08. The Kier molecular flexibility index (Phi) is 18.0. The molecule has 0 heterocycles. The van der Waals surface area contributed by atoms with Crippen LogP contribution < -0.4 is 0 Å². The first-order valence-electron chi connectivity index (χ1n) is 14.2. The van der Waals surface area contributed by atoms with Gasteiger partial charge in [-0.25, -0.2) is 0 Å². The zero-order valence-corrected chi connectivity index (χ0v) is 22.2. The summed E-state index contributed by atoms with van der Waals surface area (Å²) < 4.78 is 5.06. The molecule has 0 saturated carbocycles. The molecule has 0 aromatic carbocycles. The number of ketones is 2. The fourth-order valence-corrected chi connectivity index (χ4v) is 4.77. The van der Waals surface area contributed by atoms with Crippen LogP contribution in [0.2, 0.25) is 0 Å². The van der Waals surface area contributed by atoms with Crippen molar-refractivity contribution in [2.24, 2.45) is 0 Å². The molecule has 0 N–H and O–H groups in total. The van der Waals surface area contributed by atoms with Gasteiger partial charge in [-0.15, -0.1) is 0 Å². The number of rotatable bonds is 22. The van der Waals surface area contributed by atoms with Gasteiger partial charge in [-0.1, -0.05) is 129 Å². The molecule has 0 aliphatic heterocycles. The zero-order valence-electron chi connectivity index (χ0n) is 22.2. The third-order valence-electron chi connectivity index (χ3n) is 7.08. The van der Waals surface area contributed by atoms with Crippen LogP contribution in [0, 0.1) is 0 Å². The standard InChI is InChI=1S/C30H52O3/c1-4-5-6-7-8-9-10-11-12-13-14-15-16-17-18-19-20-21-22-23-24-27-26(2)28(31)25-29(33-3)30(27)32/h25H,4-24H2,1-3H3. The van der Waals surface area contributed by atoms with Crippen LogP contribution in [0.4, 0.5) is 0 Å². The van der Waals surface area contributed by atoms with Gasteiger partial charge in [-0.05, 0) is 19.8 Å². The van der Waals surface area contributed by atoms with Crippen LogP contribution in [0.1, 0.15) is 149 Å². The maximum Gasteiger partial charge on any atom is 0.224 e. The summed E-state index contributed by atoms with van der Waals surface area (Å²) in [5.41, 5.74) is 1.25. The second kappa shape index (κ2) is 20.0. The molecule has 0 aromatic rings. The highest BCUT2D eigenvalue weighted by Gasteiger charge is 2.26. The van der Waals surface area contributed by atoms with Crippen LogP contribution in [0.3, 0.4) is 0 Å². The average molecular weight is 461 g/mol. The highest BCUT2D eigenvalue weighted by atomic mass is 16.5. The van der Waals surface area contributed by atoms with Crippen LogP contribution in [0.25, 0.3) is 0 Å². The lowest BCUT2D eigenvalue weighted by Gasteiger charge is -2.16. The van der Waals surface area contributed by atoms with E-state index in [9.17, 15) is 9.59 Å². The maximum absolute atomic E-state index is 12.3. The predicted molar refractivity (Wildman–Crippen MR) is 140 cm³/mol. The van der Waals surface area contributed by atoms with Gasteiger partial charge in [0.25, 0.3) is 0 Å². The summed E-state index contributed by atoms with van der Waals surface area (Å²) in [7, 11) is 1.45. The number of carbonyl (C=O) groups excluding carboxylic acids is 2. The van der Waals surface area contributed by atoms with Gasteiger partial charge in [0.05, 0.1) is 7.11 Å². The number of methoxy groups -OCH3 is 1. The van der Waals surface area contributed by atoms with Gasteiger partial charge in [-0.2, -0.15) is 0 Å². The summed E-state index contributed by atoms with van der Waals surface area (Å²) in [6, 6.07) is 0. The number of ether oxygens (including phenoxy) is 1. The molecule has 190 valence electrons. The first-order chi connectivity index (χ1) is 16.1. The smallest absolute Gasteiger partial charge is 0.224 e. The summed E-state index contributed by atoms with van der Waals surface area (Å²) in [5, 5.41) is 0. The normalized spacial score (nSPS) is 14.2. The van der Waals surface area contributed by atoms with Crippen molar-refractivity contribution in [1.82, 2.24) is 0 Å². The van der Waals surface area contributed by atoms with Crippen molar-refractivity contribution in [2.45, 2.75) is 149 Å². The molecule has 0 spiro atoms. The molecule has 0 unspecified atom stereocenters. The van der Waals surface area contributed by atoms with Gasteiger partial charge in [0, 0.05) is 17.2 Å². The van der Waals surface area contributed by atoms with E-state index in [1.54, 1.807) is 6.92 Å². The predicted octanol–water partition coefficient (Wildman–Crippen LogP) is 9.20. The van der Waals surface area contributed by atoms with Gasteiger partial charge >= 0.3 is 0 Å². The molecule has 0 saturated heterocycles. The largest absolute Gasteiger partial charge is 0.493 e. The quantitative estimate of drug-likeness (QED) is 0.119. The first kappa shape index (κ1) is 29.7. The van der Waals surface area contributed by atoms with E-state index in [1.807, 2.05) is 0 Å². The molecule has 1 aliphatic rings. The molecular formula is C30H52O3. The summed E-state index contributed by atoms with van der Waals surface area (Å²) in [6.45, 7) is 4.04. The van der Waals surface area contributed by atoms with Gasteiger partial charge in [-0.3, -0.25) is 9.59 Å². The van der Waals surface area contributed by atoms with Crippen molar-refractivity contribution in [3.63, 3.8) is 0 Å². The van der Waals surface area contributed by atoms with Crippen molar-refractivity contribution < 1.29 is 14.3 Å². The number of unbranched alkanes of at least 4 members (excludes halogenated alkanes) is 19. The second-order valence-electron chi connectivity index (χ2n) is 9.98. The van der Waals surface area contributed by atoms with Crippen LogP contribution in [0.5, 0.6) is 0 Å². The molecular weight excluding hydrogens is 408 g/mol. The minimum Gasteiger partial charge on any atom is -0.493 e. The van der Waals surface area contributed by atoms with E-state index in [1.165, 1.54) is 129 Å². The monoisotopic (exact) mass is 460 g/mol. The first-order valence-corrected chi connectivity index (χ1v) is 14.2. The van der Waals surface area contributed by atoms with Crippen LogP contribution in [-0.2, 0) is 14.3 Å². The summed E-state index contributed by atoms with van der Waals surface area (Å²) in [5.74, 6) is -0.00390. The Morgan fingerprint density at radius 1 is 0.606 bits per heavy atom. The molecule has 0 atom stereocenters. The molecule has 0 aromatic heterocycles. The topological polar surface area (TPSA) is 43.4 Å². The van der Waals surface area contributed by atoms with E-state index in [0.717, 1.165) is 12.8 Å². The number of carbonyl (C=O) groups is 2. The molecule has 0 fully saturated rings. The minimum absolute atomic E-state index is 0.0883. The SMILES string of the molecule is CCCCCCCCCCCCCCCCCCCCCCC1=C(C)C(=O)C=C(OC)C1=O. The number of hydrogen-bond donors (Lipinski definition) is 0. The Bertz CT molecular complexity index is 600. The zero-order chi connectivity index (χ0) is 24.2. The van der Waals surface area contributed by atoms with Crippen molar-refractivity contribution in [1.29, 1.82) is 0 Å². The van der Waals surface area contributed by atoms with Crippen molar-refractivity contribution in [3.05, 3.63) is 23.0 Å². The van der Waals surface area contributed by atoms with Gasteiger partial charge in [0.2, 0.25) is 5.78 Å². The number of allylic oxidation sites excluding steroid dienone is 3. The molecule has 33 heavy (non-hydrogen) atoms. The minimum atomic E-state index is -0.104. The Labute approximate surface area is 204 Å². The fourth-order valence-electron chi connectivity index (χ4n) is 4.77. The molecule has 3 heteroatoms. The lowest BCUT2D eigenvalue weighted by Crippen LogP contribution is -2.19. The van der Waals surface area contributed by atoms with Crippen molar-refractivity contribution >= 4 is 11.6 Å². The highest BCUT2D eigenvalue weighted by Crippen LogP contribution is 2.24. The molecule has 0 radical (unpaired) electrons. The van der Waals surface area contributed by atoms with Gasteiger partial charge in [0.1, 0.15) is 0 Å². The second-order valence-corrected chi connectivity index (χ2v) is 9.98. The maximum atomic E-state index is 12.3. The summed E-state index contributed by atoms with van der Waals surface area (Å²) in [6.07, 6.45) is 29.2. The number of hydrogen-bond acceptors (Lipinski definition) is 3. The Balaban J connectivity index is 1.85. The van der Waals surface area contributed by atoms with E-state index < -0.39 is 0 Å². The Morgan fingerprint density at radius 3 is 1.33 bits per heavy atom. The summed E-state index contributed by atoms with van der Waals surface area (Å²) >= 11 is 0. The van der Waals surface area contributed by atoms with E-state index in [0.29, 0.717) is 17.6 Å². The van der Waals surface area contributed by atoms with E-state index >= 15 is 0 Å². The lowest BCUT2D eigenvalue weighted by molar-refractivity contribution is -0.118. The van der Waals surface area contributed by atoms with Crippen LogP contribution in [0.15, 0.2) is 23.0 Å². The number of Topliss-reactive ketones (excluding diaryl/α,β-unsaturated/α-hetero) is 1. The van der Waals surface area contributed by atoms with Gasteiger partial charge in [0.15, 0.2) is 11.5 Å². The molecule has 3 nitrogen and oxygen atoms in total. The van der Waals surface area contributed by atoms with Crippen LogP contribution in [-0.4, -0.2) is 18.7 Å². The van der Waals surface area contributed by atoms with E-state index in [4.69, 9.17) is 4.74 Å². The molecule has 1 aliphatic carbocycles. The lowest BCUT2D eigenvalue weighted by atomic mass is 9.90. The Morgan fingerprint density at radius 2 is 0.970 bits per heavy atom. The third kappa shape index (κ3) is 13.8. The molecule has 0 bridgehead atoms. The average Bonchev–Trinajstić information content (AvgIpc) is 2.82. The van der Waals surface area contributed by atoms with Crippen molar-refractivity contribution in [2.75, 3.05) is 7.11 Å². The highest BCUT2D eigenvalue weighted by molar-refractivity contribution is 6.21. The summed E-state index contributed by atoms with van der Waals surface area (Å²) in [4.78, 5) is 24.3. The molecule has 1 rings (SSSR count). The van der Waals surface area contributed by atoms with Gasteiger partial charge < -0.3 is 4.74 Å². The Hall–Kier alpha value is -1.38. The molecule has 0 amide bonds. The van der Waals surface area contributed by atoms with Crippen LogP contribution >= 0.6 is 0 Å². The van der Waals surface area contributed by atoms with Crippen molar-refractivity contribution in [3.8, 4) is 0 Å². The van der Waals surface area contributed by atoms with E-state index in [-0.39, 0.29) is 17.3 Å². The van der Waals surface area contributed by atoms with E-state index in [2.05, 4.69) is 6.92 Å².